The molecule has 76 valence electrons. The Hall–Kier alpha value is -1.56. The van der Waals surface area contributed by atoms with Crippen LogP contribution in [0.1, 0.15) is 22.3 Å². The van der Waals surface area contributed by atoms with Gasteiger partial charge in [-0.05, 0) is 53.8 Å². The zero-order valence-electron chi connectivity index (χ0n) is 9.59. The molecule has 2 rings (SSSR count). The smallest absolute Gasteiger partial charge is 0.00770 e. The zero-order chi connectivity index (χ0) is 11.0. The van der Waals surface area contributed by atoms with Crippen molar-refractivity contribution in [2.45, 2.75) is 20.8 Å². The summed E-state index contributed by atoms with van der Waals surface area (Å²) in [6.07, 6.45) is 1.96. The molecule has 0 atom stereocenters. The largest absolute Gasteiger partial charge is 0.0984 e. The van der Waals surface area contributed by atoms with Gasteiger partial charge in [0.2, 0.25) is 0 Å². The van der Waals surface area contributed by atoms with Crippen LogP contribution in [0.2, 0.25) is 0 Å². The van der Waals surface area contributed by atoms with Crippen LogP contribution in [0.25, 0.3) is 16.8 Å². The van der Waals surface area contributed by atoms with E-state index in [2.05, 4.69) is 51.6 Å². The number of fused-ring (bicyclic) bond motifs is 1. The molecular formula is C15H16. The maximum absolute atomic E-state index is 3.91. The predicted octanol–water partition coefficient (Wildman–Crippen LogP) is 4.41. The van der Waals surface area contributed by atoms with Gasteiger partial charge in [0.15, 0.2) is 0 Å². The van der Waals surface area contributed by atoms with Crippen molar-refractivity contribution in [3.05, 3.63) is 53.1 Å². The lowest BCUT2D eigenvalue weighted by Crippen LogP contribution is -1.90. The highest BCUT2D eigenvalue weighted by atomic mass is 14.1. The molecule has 0 saturated heterocycles. The van der Waals surface area contributed by atoms with Gasteiger partial charge in [-0.2, -0.15) is 0 Å². The molecule has 0 aliphatic heterocycles. The SMILES string of the molecule is C=Cc1c(C)cc(C)c2cccc(C)c12. The Morgan fingerprint density at radius 2 is 1.73 bits per heavy atom. The molecule has 0 heteroatoms. The van der Waals surface area contributed by atoms with Crippen LogP contribution in [0.4, 0.5) is 0 Å². The van der Waals surface area contributed by atoms with Crippen molar-refractivity contribution >= 4 is 16.8 Å². The quantitative estimate of drug-likeness (QED) is 0.633. The number of hydrogen-bond acceptors (Lipinski definition) is 0. The van der Waals surface area contributed by atoms with E-state index in [0.29, 0.717) is 0 Å². The Morgan fingerprint density at radius 3 is 2.40 bits per heavy atom. The third-order valence-corrected chi connectivity index (χ3v) is 3.03. The van der Waals surface area contributed by atoms with Crippen LogP contribution in [0.5, 0.6) is 0 Å². The highest BCUT2D eigenvalue weighted by Crippen LogP contribution is 2.29. The summed E-state index contributed by atoms with van der Waals surface area (Å²) in [4.78, 5) is 0. The van der Waals surface area contributed by atoms with Crippen LogP contribution in [-0.2, 0) is 0 Å². The molecule has 0 bridgehead atoms. The normalized spacial score (nSPS) is 10.6. The Bertz CT molecular complexity index is 533. The summed E-state index contributed by atoms with van der Waals surface area (Å²) in [5, 5.41) is 2.69. The molecule has 0 aliphatic rings. The third kappa shape index (κ3) is 1.46. The highest BCUT2D eigenvalue weighted by molar-refractivity contribution is 5.96. The first-order chi connectivity index (χ1) is 7.15. The Balaban J connectivity index is 3.04. The van der Waals surface area contributed by atoms with Gasteiger partial charge in [0.25, 0.3) is 0 Å². The Morgan fingerprint density at radius 1 is 1.00 bits per heavy atom. The van der Waals surface area contributed by atoms with Gasteiger partial charge in [-0.3, -0.25) is 0 Å². The Kier molecular flexibility index (Phi) is 2.36. The van der Waals surface area contributed by atoms with Crippen LogP contribution in [0.3, 0.4) is 0 Å². The second kappa shape index (κ2) is 3.54. The molecule has 2 aromatic carbocycles. The summed E-state index contributed by atoms with van der Waals surface area (Å²) < 4.78 is 0. The molecular weight excluding hydrogens is 180 g/mol. The van der Waals surface area contributed by atoms with Crippen molar-refractivity contribution in [3.63, 3.8) is 0 Å². The van der Waals surface area contributed by atoms with Crippen LogP contribution in [-0.4, -0.2) is 0 Å². The maximum Gasteiger partial charge on any atom is -0.00770 e. The van der Waals surface area contributed by atoms with Crippen LogP contribution in [0, 0.1) is 20.8 Å². The van der Waals surface area contributed by atoms with Gasteiger partial charge < -0.3 is 0 Å². The van der Waals surface area contributed by atoms with Gasteiger partial charge in [-0.1, -0.05) is 36.9 Å². The molecule has 15 heavy (non-hydrogen) atoms. The second-order valence-electron chi connectivity index (χ2n) is 4.13. The van der Waals surface area contributed by atoms with E-state index in [-0.39, 0.29) is 0 Å². The van der Waals surface area contributed by atoms with Crippen molar-refractivity contribution in [1.82, 2.24) is 0 Å². The zero-order valence-corrected chi connectivity index (χ0v) is 9.59. The third-order valence-electron chi connectivity index (χ3n) is 3.03. The number of benzene rings is 2. The molecule has 0 unspecified atom stereocenters. The van der Waals surface area contributed by atoms with E-state index < -0.39 is 0 Å². The van der Waals surface area contributed by atoms with E-state index in [1.54, 1.807) is 0 Å². The van der Waals surface area contributed by atoms with E-state index in [4.69, 9.17) is 0 Å². The number of rotatable bonds is 1. The van der Waals surface area contributed by atoms with Crippen molar-refractivity contribution < 1.29 is 0 Å². The fourth-order valence-corrected chi connectivity index (χ4v) is 2.29. The van der Waals surface area contributed by atoms with Crippen molar-refractivity contribution in [2.75, 3.05) is 0 Å². The van der Waals surface area contributed by atoms with Gasteiger partial charge in [0.05, 0.1) is 0 Å². The van der Waals surface area contributed by atoms with E-state index >= 15 is 0 Å². The lowest BCUT2D eigenvalue weighted by atomic mass is 9.93. The number of hydrogen-bond donors (Lipinski definition) is 0. The minimum atomic E-state index is 1.27. The van der Waals surface area contributed by atoms with Crippen LogP contribution in [0.15, 0.2) is 30.8 Å². The lowest BCUT2D eigenvalue weighted by Gasteiger charge is -2.11. The fourth-order valence-electron chi connectivity index (χ4n) is 2.29. The predicted molar refractivity (Wildman–Crippen MR) is 68.3 cm³/mol. The second-order valence-corrected chi connectivity index (χ2v) is 4.13. The van der Waals surface area contributed by atoms with Gasteiger partial charge >= 0.3 is 0 Å². The molecule has 0 nitrogen and oxygen atoms in total. The first-order valence-electron chi connectivity index (χ1n) is 5.27. The van der Waals surface area contributed by atoms with E-state index in [0.717, 1.165) is 0 Å². The molecule has 0 aliphatic carbocycles. The van der Waals surface area contributed by atoms with Gasteiger partial charge in [0, 0.05) is 0 Å². The summed E-state index contributed by atoms with van der Waals surface area (Å²) in [5.74, 6) is 0. The molecule has 0 radical (unpaired) electrons. The molecule has 0 heterocycles. The maximum atomic E-state index is 3.91. The topological polar surface area (TPSA) is 0 Å². The van der Waals surface area contributed by atoms with Crippen LogP contribution < -0.4 is 0 Å². The first kappa shape index (κ1) is 9.97. The van der Waals surface area contributed by atoms with E-state index in [1.165, 1.54) is 33.0 Å². The molecule has 0 fully saturated rings. The van der Waals surface area contributed by atoms with E-state index in [9.17, 15) is 0 Å². The molecule has 0 N–H and O–H groups in total. The molecule has 0 aromatic heterocycles. The molecule has 0 saturated carbocycles. The minimum absolute atomic E-state index is 1.27. The van der Waals surface area contributed by atoms with Gasteiger partial charge in [0.1, 0.15) is 0 Å². The minimum Gasteiger partial charge on any atom is -0.0984 e. The summed E-state index contributed by atoms with van der Waals surface area (Å²) >= 11 is 0. The summed E-state index contributed by atoms with van der Waals surface area (Å²) in [6, 6.07) is 8.70. The van der Waals surface area contributed by atoms with Crippen molar-refractivity contribution in [1.29, 1.82) is 0 Å². The average molecular weight is 196 g/mol. The summed E-state index contributed by atoms with van der Waals surface area (Å²) in [6.45, 7) is 10.4. The lowest BCUT2D eigenvalue weighted by molar-refractivity contribution is 1.39. The first-order valence-corrected chi connectivity index (χ1v) is 5.27. The summed E-state index contributed by atoms with van der Waals surface area (Å²) in [7, 11) is 0. The molecule has 0 spiro atoms. The van der Waals surface area contributed by atoms with Crippen molar-refractivity contribution in [2.24, 2.45) is 0 Å². The Labute approximate surface area is 91.2 Å². The summed E-state index contributed by atoms with van der Waals surface area (Å²) in [5.41, 5.74) is 5.25. The number of aryl methyl sites for hydroxylation is 3. The fraction of sp³-hybridized carbons (Fsp3) is 0.200. The average Bonchev–Trinajstić information content (AvgIpc) is 2.20. The van der Waals surface area contributed by atoms with Crippen LogP contribution >= 0.6 is 0 Å². The van der Waals surface area contributed by atoms with Gasteiger partial charge in [-0.15, -0.1) is 0 Å². The molecule has 2 aromatic rings. The monoisotopic (exact) mass is 196 g/mol. The van der Waals surface area contributed by atoms with Gasteiger partial charge in [-0.25, -0.2) is 0 Å². The standard InChI is InChI=1S/C15H16/c1-5-13-11(3)9-12(4)14-8-6-7-10(2)15(13)14/h5-9H,1H2,2-4H3. The van der Waals surface area contributed by atoms with E-state index in [1.807, 2.05) is 6.08 Å². The highest BCUT2D eigenvalue weighted by Gasteiger charge is 2.06. The molecule has 0 amide bonds. The van der Waals surface area contributed by atoms with Crippen molar-refractivity contribution in [3.8, 4) is 0 Å².